The highest BCUT2D eigenvalue weighted by Crippen LogP contribution is 2.12. The number of nitrogens with zero attached hydrogens (tertiary/aromatic N) is 1. The van der Waals surface area contributed by atoms with Crippen LogP contribution in [0.3, 0.4) is 0 Å². The molecule has 1 aliphatic heterocycles. The lowest BCUT2D eigenvalue weighted by molar-refractivity contribution is -0.130. The molecule has 3 rings (SSSR count). The molecule has 1 aromatic carbocycles. The number of nitrogens with one attached hydrogen (secondary N) is 2. The summed E-state index contributed by atoms with van der Waals surface area (Å²) in [4.78, 5) is 26.2. The van der Waals surface area contributed by atoms with Gasteiger partial charge >= 0.3 is 5.69 Å². The van der Waals surface area contributed by atoms with Crippen LogP contribution in [-0.2, 0) is 16.1 Å². The highest BCUT2D eigenvalue weighted by atomic mass is 19.1. The van der Waals surface area contributed by atoms with E-state index in [1.807, 2.05) is 0 Å². The quantitative estimate of drug-likeness (QED) is 0.874. The van der Waals surface area contributed by atoms with Gasteiger partial charge in [0.05, 0.1) is 11.0 Å². The summed E-state index contributed by atoms with van der Waals surface area (Å²) in [6.07, 6.45) is 1.25. The Kier molecular flexibility index (Phi) is 3.74. The van der Waals surface area contributed by atoms with Crippen LogP contribution in [0.25, 0.3) is 11.0 Å². The number of ether oxygens (including phenoxy) is 1. The lowest BCUT2D eigenvalue weighted by Gasteiger charge is -2.10. The molecule has 2 heterocycles. The maximum absolute atomic E-state index is 13.1. The zero-order chi connectivity index (χ0) is 14.8. The molecule has 0 aliphatic carbocycles. The van der Waals surface area contributed by atoms with Crippen LogP contribution in [0, 0.1) is 5.82 Å². The van der Waals surface area contributed by atoms with E-state index in [2.05, 4.69) is 10.3 Å². The Morgan fingerprint density at radius 1 is 1.52 bits per heavy atom. The minimum absolute atomic E-state index is 0.147. The molecule has 1 aliphatic rings. The van der Waals surface area contributed by atoms with Gasteiger partial charge in [-0.3, -0.25) is 9.36 Å². The van der Waals surface area contributed by atoms with E-state index in [0.29, 0.717) is 30.7 Å². The normalized spacial score (nSPS) is 18.2. The van der Waals surface area contributed by atoms with Crippen molar-refractivity contribution in [1.82, 2.24) is 14.9 Å². The number of fused-ring (bicyclic) bond motifs is 1. The first kappa shape index (κ1) is 13.8. The third-order valence-corrected chi connectivity index (χ3v) is 3.59. The van der Waals surface area contributed by atoms with E-state index < -0.39 is 5.82 Å². The molecular weight excluding hydrogens is 277 g/mol. The van der Waals surface area contributed by atoms with Gasteiger partial charge in [-0.2, -0.15) is 0 Å². The first-order valence-electron chi connectivity index (χ1n) is 6.92. The number of benzene rings is 1. The summed E-state index contributed by atoms with van der Waals surface area (Å²) in [5, 5.41) is 2.75. The van der Waals surface area contributed by atoms with Gasteiger partial charge in [0.1, 0.15) is 11.9 Å². The molecule has 0 saturated carbocycles. The van der Waals surface area contributed by atoms with Crippen molar-refractivity contribution < 1.29 is 13.9 Å². The maximum atomic E-state index is 13.1. The summed E-state index contributed by atoms with van der Waals surface area (Å²) in [6, 6.07) is 4.12. The van der Waals surface area contributed by atoms with Crippen molar-refractivity contribution in [3.05, 3.63) is 34.5 Å². The molecule has 2 N–H and O–H groups in total. The average molecular weight is 293 g/mol. The van der Waals surface area contributed by atoms with Gasteiger partial charge in [0, 0.05) is 19.7 Å². The fourth-order valence-corrected chi connectivity index (χ4v) is 2.55. The second-order valence-corrected chi connectivity index (χ2v) is 5.04. The van der Waals surface area contributed by atoms with Crippen LogP contribution in [-0.4, -0.2) is 34.7 Å². The van der Waals surface area contributed by atoms with E-state index in [4.69, 9.17) is 4.74 Å². The fourth-order valence-electron chi connectivity index (χ4n) is 2.55. The van der Waals surface area contributed by atoms with Crippen molar-refractivity contribution in [3.63, 3.8) is 0 Å². The minimum Gasteiger partial charge on any atom is -0.368 e. The van der Waals surface area contributed by atoms with E-state index in [9.17, 15) is 14.0 Å². The number of imidazole rings is 1. The van der Waals surface area contributed by atoms with E-state index in [-0.39, 0.29) is 17.7 Å². The maximum Gasteiger partial charge on any atom is 0.326 e. The first-order chi connectivity index (χ1) is 10.1. The van der Waals surface area contributed by atoms with E-state index >= 15 is 0 Å². The standard InChI is InChI=1S/C14H16FN3O3/c15-9-3-4-11-10(8-9)17-14(20)18(11)6-5-16-13(19)12-2-1-7-21-12/h3-4,8,12H,1-2,5-7H2,(H,16,19)(H,17,20). The van der Waals surface area contributed by atoms with Crippen LogP contribution in [0.4, 0.5) is 4.39 Å². The Morgan fingerprint density at radius 2 is 2.38 bits per heavy atom. The number of rotatable bonds is 4. The Labute approximate surface area is 119 Å². The van der Waals surface area contributed by atoms with Gasteiger partial charge in [-0.05, 0) is 31.0 Å². The number of hydrogen-bond donors (Lipinski definition) is 2. The third kappa shape index (κ3) is 2.82. The summed E-state index contributed by atoms with van der Waals surface area (Å²) in [6.45, 7) is 1.26. The Hall–Kier alpha value is -2.15. The predicted octanol–water partition coefficient (Wildman–Crippen LogP) is 0.764. The molecule has 21 heavy (non-hydrogen) atoms. The Bertz CT molecular complexity index is 716. The molecule has 2 aromatic rings. The summed E-state index contributed by atoms with van der Waals surface area (Å²) in [5.41, 5.74) is 0.750. The van der Waals surface area contributed by atoms with Crippen molar-refractivity contribution in [2.24, 2.45) is 0 Å². The van der Waals surface area contributed by atoms with Gasteiger partial charge in [0.15, 0.2) is 0 Å². The number of carbonyl (C=O) groups excluding carboxylic acids is 1. The second kappa shape index (κ2) is 5.69. The van der Waals surface area contributed by atoms with E-state index in [1.54, 1.807) is 6.07 Å². The third-order valence-electron chi connectivity index (χ3n) is 3.59. The monoisotopic (exact) mass is 293 g/mol. The summed E-state index contributed by atoms with van der Waals surface area (Å²) >= 11 is 0. The molecule has 1 unspecified atom stereocenters. The smallest absolute Gasteiger partial charge is 0.326 e. The number of aromatic nitrogens is 2. The number of halogens is 1. The molecule has 0 radical (unpaired) electrons. The van der Waals surface area contributed by atoms with Gasteiger partial charge in [-0.1, -0.05) is 0 Å². The summed E-state index contributed by atoms with van der Waals surface area (Å²) < 4.78 is 19.9. The van der Waals surface area contributed by atoms with Gasteiger partial charge in [0.2, 0.25) is 5.91 Å². The molecule has 1 aromatic heterocycles. The van der Waals surface area contributed by atoms with Crippen molar-refractivity contribution in [3.8, 4) is 0 Å². The zero-order valence-electron chi connectivity index (χ0n) is 11.4. The van der Waals surface area contributed by atoms with Crippen LogP contribution in [0.5, 0.6) is 0 Å². The number of aromatic amines is 1. The van der Waals surface area contributed by atoms with Crippen molar-refractivity contribution >= 4 is 16.9 Å². The lowest BCUT2D eigenvalue weighted by atomic mass is 10.2. The van der Waals surface area contributed by atoms with Gasteiger partial charge in [-0.15, -0.1) is 0 Å². The van der Waals surface area contributed by atoms with E-state index in [0.717, 1.165) is 12.8 Å². The summed E-state index contributed by atoms with van der Waals surface area (Å²) in [5.74, 6) is -0.547. The average Bonchev–Trinajstić information content (AvgIpc) is 3.07. The number of H-pyrrole nitrogens is 1. The number of amides is 1. The van der Waals surface area contributed by atoms with Crippen LogP contribution >= 0.6 is 0 Å². The van der Waals surface area contributed by atoms with Crippen LogP contribution in [0.1, 0.15) is 12.8 Å². The lowest BCUT2D eigenvalue weighted by Crippen LogP contribution is -2.37. The predicted molar refractivity (Wildman–Crippen MR) is 74.5 cm³/mol. The molecule has 1 saturated heterocycles. The molecule has 1 atom stereocenters. The number of carbonyl (C=O) groups is 1. The van der Waals surface area contributed by atoms with Crippen LogP contribution < -0.4 is 11.0 Å². The van der Waals surface area contributed by atoms with Gasteiger partial charge in [0.25, 0.3) is 0 Å². The highest BCUT2D eigenvalue weighted by molar-refractivity contribution is 5.81. The SMILES string of the molecule is O=C(NCCn1c(=O)[nH]c2cc(F)ccc21)C1CCCO1. The molecule has 6 nitrogen and oxygen atoms in total. The summed E-state index contributed by atoms with van der Waals surface area (Å²) in [7, 11) is 0. The first-order valence-corrected chi connectivity index (χ1v) is 6.92. The molecule has 112 valence electrons. The molecule has 1 fully saturated rings. The fraction of sp³-hybridized carbons (Fsp3) is 0.429. The molecule has 7 heteroatoms. The highest BCUT2D eigenvalue weighted by Gasteiger charge is 2.22. The van der Waals surface area contributed by atoms with Gasteiger partial charge < -0.3 is 15.0 Å². The van der Waals surface area contributed by atoms with Crippen LogP contribution in [0.15, 0.2) is 23.0 Å². The van der Waals surface area contributed by atoms with Crippen LogP contribution in [0.2, 0.25) is 0 Å². The minimum atomic E-state index is -0.400. The van der Waals surface area contributed by atoms with Crippen molar-refractivity contribution in [2.45, 2.75) is 25.5 Å². The Morgan fingerprint density at radius 3 is 3.14 bits per heavy atom. The molecule has 1 amide bonds. The van der Waals surface area contributed by atoms with Crippen molar-refractivity contribution in [2.75, 3.05) is 13.2 Å². The largest absolute Gasteiger partial charge is 0.368 e. The second-order valence-electron chi connectivity index (χ2n) is 5.04. The van der Waals surface area contributed by atoms with E-state index in [1.165, 1.54) is 16.7 Å². The molecular formula is C14H16FN3O3. The molecule has 0 spiro atoms. The van der Waals surface area contributed by atoms with Gasteiger partial charge in [-0.25, -0.2) is 9.18 Å². The van der Waals surface area contributed by atoms with Crippen molar-refractivity contribution in [1.29, 1.82) is 0 Å². The molecule has 0 bridgehead atoms. The zero-order valence-corrected chi connectivity index (χ0v) is 11.4. The number of hydrogen-bond acceptors (Lipinski definition) is 3. The Balaban J connectivity index is 1.66. The topological polar surface area (TPSA) is 76.1 Å².